The van der Waals surface area contributed by atoms with Gasteiger partial charge in [0.1, 0.15) is 0 Å². The Hall–Kier alpha value is -0.0400. The molecule has 0 aliphatic heterocycles. The van der Waals surface area contributed by atoms with Crippen molar-refractivity contribution in [3.63, 3.8) is 0 Å². The molecule has 0 aromatic carbocycles. The third-order valence-corrected chi connectivity index (χ3v) is 8.16. The molecule has 4 rings (SSSR count). The van der Waals surface area contributed by atoms with E-state index >= 15 is 0 Å². The van der Waals surface area contributed by atoms with Crippen LogP contribution in [0.4, 0.5) is 0 Å². The van der Waals surface area contributed by atoms with Crippen LogP contribution in [0, 0.1) is 40.9 Å². The van der Waals surface area contributed by atoms with Gasteiger partial charge in [0.25, 0.3) is 0 Å². The van der Waals surface area contributed by atoms with E-state index in [-0.39, 0.29) is 6.10 Å². The third kappa shape index (κ3) is 1.77. The molecule has 4 aliphatic carbocycles. The molecule has 0 heterocycles. The summed E-state index contributed by atoms with van der Waals surface area (Å²) < 4.78 is 0. The molecule has 7 atom stereocenters. The SMILES string of the molecule is C[C@@]12[CH]CC[C@H]1[C@@H]1CCC3CC(O)CC[C@]3(C)[C@@H]1CC2. The Balaban J connectivity index is 1.62. The summed E-state index contributed by atoms with van der Waals surface area (Å²) in [5.74, 6) is 3.73. The zero-order chi connectivity index (χ0) is 14.0. The second-order valence-electron chi connectivity index (χ2n) is 8.91. The molecule has 0 aromatic heterocycles. The van der Waals surface area contributed by atoms with Crippen molar-refractivity contribution in [2.45, 2.75) is 77.7 Å². The number of fused-ring (bicyclic) bond motifs is 5. The predicted octanol–water partition coefficient (Wildman–Crippen LogP) is 4.59. The molecule has 2 unspecified atom stereocenters. The molecule has 0 amide bonds. The number of aliphatic hydroxyl groups excluding tert-OH is 1. The zero-order valence-electron chi connectivity index (χ0n) is 13.3. The fraction of sp³-hybridized carbons (Fsp3) is 0.947. The van der Waals surface area contributed by atoms with Crippen LogP contribution in [-0.2, 0) is 0 Å². The van der Waals surface area contributed by atoms with Crippen molar-refractivity contribution in [2.75, 3.05) is 0 Å². The van der Waals surface area contributed by atoms with E-state index in [0.717, 1.165) is 36.5 Å². The van der Waals surface area contributed by atoms with Gasteiger partial charge >= 0.3 is 0 Å². The monoisotopic (exact) mass is 275 g/mol. The summed E-state index contributed by atoms with van der Waals surface area (Å²) >= 11 is 0. The molecule has 1 heteroatoms. The van der Waals surface area contributed by atoms with Crippen LogP contribution >= 0.6 is 0 Å². The highest BCUT2D eigenvalue weighted by Gasteiger charge is 2.57. The lowest BCUT2D eigenvalue weighted by atomic mass is 9.45. The van der Waals surface area contributed by atoms with E-state index in [0.29, 0.717) is 10.8 Å². The number of rotatable bonds is 0. The maximum absolute atomic E-state index is 10.0. The Kier molecular flexibility index (Phi) is 3.05. The summed E-state index contributed by atoms with van der Waals surface area (Å²) in [6.07, 6.45) is 14.6. The van der Waals surface area contributed by atoms with Crippen molar-refractivity contribution in [2.24, 2.45) is 34.5 Å². The fourth-order valence-corrected chi connectivity index (χ4v) is 6.97. The standard InChI is InChI=1S/C19H31O/c1-18-9-3-4-16(18)15-6-5-13-12-14(20)7-11-19(13,2)17(15)8-10-18/h9,13-17,20H,3-8,10-12H2,1-2H3/t13?,14?,15-,16-,17+,18-,19-/m0/s1. The first-order valence-electron chi connectivity index (χ1n) is 9.05. The minimum Gasteiger partial charge on any atom is -0.393 e. The normalized spacial score (nSPS) is 58.6. The molecule has 0 bridgehead atoms. The van der Waals surface area contributed by atoms with Gasteiger partial charge in [-0.25, -0.2) is 0 Å². The van der Waals surface area contributed by atoms with Gasteiger partial charge in [-0.3, -0.25) is 0 Å². The van der Waals surface area contributed by atoms with E-state index in [9.17, 15) is 5.11 Å². The van der Waals surface area contributed by atoms with Crippen LogP contribution in [0.5, 0.6) is 0 Å². The van der Waals surface area contributed by atoms with Gasteiger partial charge in [-0.15, -0.1) is 0 Å². The fourth-order valence-electron chi connectivity index (χ4n) is 6.97. The highest BCUT2D eigenvalue weighted by atomic mass is 16.3. The van der Waals surface area contributed by atoms with E-state index in [1.54, 1.807) is 0 Å². The van der Waals surface area contributed by atoms with E-state index in [2.05, 4.69) is 20.3 Å². The maximum atomic E-state index is 10.0. The van der Waals surface area contributed by atoms with Gasteiger partial charge in [-0.1, -0.05) is 13.8 Å². The van der Waals surface area contributed by atoms with Gasteiger partial charge in [-0.2, -0.15) is 0 Å². The van der Waals surface area contributed by atoms with Crippen molar-refractivity contribution in [1.82, 2.24) is 0 Å². The molecule has 1 nitrogen and oxygen atoms in total. The molecule has 0 saturated heterocycles. The largest absolute Gasteiger partial charge is 0.393 e. The van der Waals surface area contributed by atoms with Crippen LogP contribution in [0.3, 0.4) is 0 Å². The average Bonchev–Trinajstić information content (AvgIpc) is 2.81. The molecule has 113 valence electrons. The number of hydrogen-bond acceptors (Lipinski definition) is 1. The smallest absolute Gasteiger partial charge is 0.0543 e. The second-order valence-corrected chi connectivity index (χ2v) is 8.91. The predicted molar refractivity (Wildman–Crippen MR) is 82.0 cm³/mol. The summed E-state index contributed by atoms with van der Waals surface area (Å²) in [5.41, 5.74) is 1.12. The first-order valence-corrected chi connectivity index (χ1v) is 9.05. The molecule has 4 fully saturated rings. The van der Waals surface area contributed by atoms with Crippen molar-refractivity contribution < 1.29 is 5.11 Å². The van der Waals surface area contributed by atoms with Gasteiger partial charge in [-0.05, 0) is 98.7 Å². The Morgan fingerprint density at radius 1 is 0.950 bits per heavy atom. The van der Waals surface area contributed by atoms with Gasteiger partial charge in [0, 0.05) is 0 Å². The Morgan fingerprint density at radius 3 is 2.65 bits per heavy atom. The first-order chi connectivity index (χ1) is 9.53. The molecule has 4 saturated carbocycles. The summed E-state index contributed by atoms with van der Waals surface area (Å²) in [6, 6.07) is 0. The summed E-state index contributed by atoms with van der Waals surface area (Å²) in [7, 11) is 0. The lowest BCUT2D eigenvalue weighted by Crippen LogP contribution is -2.53. The first kappa shape index (κ1) is 13.6. The summed E-state index contributed by atoms with van der Waals surface area (Å²) in [6.45, 7) is 5.13. The van der Waals surface area contributed by atoms with Crippen LogP contribution in [0.1, 0.15) is 71.6 Å². The van der Waals surface area contributed by atoms with Gasteiger partial charge < -0.3 is 5.11 Å². The summed E-state index contributed by atoms with van der Waals surface area (Å²) in [4.78, 5) is 0. The summed E-state index contributed by atoms with van der Waals surface area (Å²) in [5, 5.41) is 10.0. The molecule has 20 heavy (non-hydrogen) atoms. The highest BCUT2D eigenvalue weighted by molar-refractivity contribution is 5.11. The topological polar surface area (TPSA) is 20.2 Å². The van der Waals surface area contributed by atoms with Crippen LogP contribution in [0.15, 0.2) is 0 Å². The third-order valence-electron chi connectivity index (χ3n) is 8.16. The highest BCUT2D eigenvalue weighted by Crippen LogP contribution is 2.65. The molecule has 1 radical (unpaired) electrons. The molecular formula is C19H31O. The molecule has 4 aliphatic rings. The number of hydrogen-bond donors (Lipinski definition) is 1. The molecule has 0 spiro atoms. The maximum Gasteiger partial charge on any atom is 0.0543 e. The van der Waals surface area contributed by atoms with Crippen molar-refractivity contribution in [3.05, 3.63) is 6.42 Å². The van der Waals surface area contributed by atoms with Crippen LogP contribution < -0.4 is 0 Å². The lowest BCUT2D eigenvalue weighted by molar-refractivity contribution is -0.117. The minimum atomic E-state index is -0.00158. The van der Waals surface area contributed by atoms with E-state index in [1.165, 1.54) is 44.9 Å². The van der Waals surface area contributed by atoms with E-state index < -0.39 is 0 Å². The lowest BCUT2D eigenvalue weighted by Gasteiger charge is -2.60. The molecule has 1 N–H and O–H groups in total. The van der Waals surface area contributed by atoms with Crippen molar-refractivity contribution in [1.29, 1.82) is 0 Å². The van der Waals surface area contributed by atoms with Gasteiger partial charge in [0.2, 0.25) is 0 Å². The van der Waals surface area contributed by atoms with Crippen molar-refractivity contribution >= 4 is 0 Å². The van der Waals surface area contributed by atoms with Crippen LogP contribution in [-0.4, -0.2) is 11.2 Å². The molecular weight excluding hydrogens is 244 g/mol. The Bertz CT molecular complexity index is 391. The number of aliphatic hydroxyl groups is 1. The second kappa shape index (κ2) is 4.48. The van der Waals surface area contributed by atoms with Gasteiger partial charge in [0.05, 0.1) is 6.10 Å². The quantitative estimate of drug-likeness (QED) is 0.685. The Labute approximate surface area is 124 Å². The van der Waals surface area contributed by atoms with E-state index in [1.807, 2.05) is 0 Å². The molecule has 0 aromatic rings. The van der Waals surface area contributed by atoms with Crippen LogP contribution in [0.25, 0.3) is 0 Å². The van der Waals surface area contributed by atoms with Crippen molar-refractivity contribution in [3.8, 4) is 0 Å². The van der Waals surface area contributed by atoms with E-state index in [4.69, 9.17) is 0 Å². The Morgan fingerprint density at radius 2 is 1.80 bits per heavy atom. The average molecular weight is 275 g/mol. The minimum absolute atomic E-state index is 0.00158. The van der Waals surface area contributed by atoms with Gasteiger partial charge in [0.15, 0.2) is 0 Å². The van der Waals surface area contributed by atoms with Crippen LogP contribution in [0.2, 0.25) is 0 Å². The zero-order valence-corrected chi connectivity index (χ0v) is 13.3.